The van der Waals surface area contributed by atoms with Gasteiger partial charge in [0.15, 0.2) is 31.3 Å². The zero-order valence-electron chi connectivity index (χ0n) is 36.0. The molecule has 0 aliphatic carbocycles. The van der Waals surface area contributed by atoms with Crippen LogP contribution in [0.3, 0.4) is 0 Å². The minimum Gasteiger partial charge on any atom is -0.479 e. The summed E-state index contributed by atoms with van der Waals surface area (Å²) in [5.74, 6) is -3.71. The van der Waals surface area contributed by atoms with E-state index in [1.807, 2.05) is 34.6 Å². The molecule has 5 heterocycles. The van der Waals surface area contributed by atoms with E-state index < -0.39 is 129 Å². The van der Waals surface area contributed by atoms with Gasteiger partial charge in [0.05, 0.1) is 63.0 Å². The Balaban J connectivity index is 0.00000273. The van der Waals surface area contributed by atoms with E-state index in [1.165, 1.54) is 0 Å². The molecule has 5 fully saturated rings. The highest BCUT2D eigenvalue weighted by atomic mass is 16.8. The number of nitrogens with zero attached hydrogens (tertiary/aromatic N) is 6. The quantitative estimate of drug-likeness (QED) is 0.0800. The van der Waals surface area contributed by atoms with E-state index in [4.69, 9.17) is 52.2 Å². The number of aliphatic carboxylic acids is 1. The lowest BCUT2D eigenvalue weighted by atomic mass is 9.81. The molecule has 0 aromatic rings. The van der Waals surface area contributed by atoms with E-state index in [2.05, 4.69) is 20.1 Å². The topological polar surface area (TPSA) is 353 Å². The summed E-state index contributed by atoms with van der Waals surface area (Å²) in [4.78, 5) is 34.7. The van der Waals surface area contributed by atoms with E-state index in [9.17, 15) is 46.5 Å². The summed E-state index contributed by atoms with van der Waals surface area (Å²) in [6.45, 7) is 13.3. The highest BCUT2D eigenvalue weighted by Gasteiger charge is 2.54. The van der Waals surface area contributed by atoms with Gasteiger partial charge in [-0.05, 0) is 47.6 Å². The fourth-order valence-corrected chi connectivity index (χ4v) is 8.78. The molecule has 5 aliphatic heterocycles. The Morgan fingerprint density at radius 3 is 1.71 bits per heavy atom. The van der Waals surface area contributed by atoms with Crippen molar-refractivity contribution < 1.29 is 87.7 Å². The number of rotatable bonds is 14. The van der Waals surface area contributed by atoms with Crippen LogP contribution in [0.15, 0.2) is 10.2 Å². The van der Waals surface area contributed by atoms with E-state index >= 15 is 0 Å². The summed E-state index contributed by atoms with van der Waals surface area (Å²) in [6.07, 6.45) is -16.0. The van der Waals surface area contributed by atoms with Gasteiger partial charge >= 0.3 is 12.1 Å². The molecule has 0 aromatic heterocycles. The van der Waals surface area contributed by atoms with Crippen LogP contribution in [0.1, 0.15) is 55.4 Å². The lowest BCUT2D eigenvalue weighted by Gasteiger charge is -2.50. The van der Waals surface area contributed by atoms with Crippen LogP contribution in [0.4, 0.5) is 0 Å². The van der Waals surface area contributed by atoms with Crippen molar-refractivity contribution in [3.05, 3.63) is 20.9 Å². The van der Waals surface area contributed by atoms with Gasteiger partial charge in [-0.2, -0.15) is 9.59 Å². The van der Waals surface area contributed by atoms with Crippen molar-refractivity contribution in [1.29, 1.82) is 0 Å². The number of ether oxygens (including phenoxy) is 9. The fraction of sp³-hybridized carbons (Fsp3) is 0.947. The molecule has 0 amide bonds. The largest absolute Gasteiger partial charge is 0.479 e. The smallest absolute Gasteiger partial charge is 0.373 e. The van der Waals surface area contributed by atoms with Crippen LogP contribution in [0.25, 0.3) is 20.9 Å². The summed E-state index contributed by atoms with van der Waals surface area (Å²) in [6, 6.07) is -2.29. The number of carbonyl (C=O) groups excluding carboxylic acids is 2. The Hall–Kier alpha value is -3.09. The molecule has 0 spiro atoms. The van der Waals surface area contributed by atoms with Crippen LogP contribution >= 0.6 is 0 Å². The second kappa shape index (κ2) is 23.2. The molecule has 0 radical (unpaired) electrons. The molecular weight excluding hydrogens is 828 g/mol. The number of aliphatic hydroxyl groups excluding tert-OH is 5. The van der Waals surface area contributed by atoms with Crippen molar-refractivity contribution in [3.63, 3.8) is 0 Å². The third-order valence-electron chi connectivity index (χ3n) is 13.5. The average molecular weight is 891 g/mol. The first-order chi connectivity index (χ1) is 29.4. The predicted octanol–water partition coefficient (Wildman–Crippen LogP) is 0.856. The van der Waals surface area contributed by atoms with Crippen LogP contribution in [-0.4, -0.2) is 174 Å². The zero-order valence-corrected chi connectivity index (χ0v) is 36.0. The van der Waals surface area contributed by atoms with Crippen molar-refractivity contribution in [2.45, 2.75) is 160 Å². The third kappa shape index (κ3) is 11.2. The van der Waals surface area contributed by atoms with E-state index in [0.29, 0.717) is 0 Å². The van der Waals surface area contributed by atoms with Crippen LogP contribution in [0.5, 0.6) is 0 Å². The van der Waals surface area contributed by atoms with E-state index in [-0.39, 0.29) is 55.7 Å². The Labute approximate surface area is 358 Å². The first-order valence-corrected chi connectivity index (χ1v) is 20.8. The number of aliphatic hydroxyl groups is 5. The third-order valence-corrected chi connectivity index (χ3v) is 13.5. The Morgan fingerprint density at radius 2 is 1.13 bits per heavy atom. The average Bonchev–Trinajstić information content (AvgIpc) is 3.24. The molecule has 24 atom stereocenters. The lowest BCUT2D eigenvalue weighted by Crippen LogP contribution is -2.64. The predicted molar refractivity (Wildman–Crippen MR) is 205 cm³/mol. The molecule has 0 aromatic carbocycles. The highest BCUT2D eigenvalue weighted by Crippen LogP contribution is 2.41. The summed E-state index contributed by atoms with van der Waals surface area (Å²) < 4.78 is 54.7. The van der Waals surface area contributed by atoms with Gasteiger partial charge in [0.1, 0.15) is 36.6 Å². The van der Waals surface area contributed by atoms with Crippen LogP contribution in [-0.2, 0) is 57.0 Å². The molecule has 5 aliphatic rings. The standard InChI is InChI=1S/C37H62N6O16.CO2/c1-13-16(4)29(22(10-45)52-20(13)8)56-37-27(47)19(7)24(12-51-37)55-36-26(41-43-39)28(48)31(23(11-46)54-36)58-34-18(6)17(5)30(32(59-34)33(49)50)57-35-25(40-42-38)15(3)14(2)21(9-44)53-35;2-1-3/h13-32,34-37,44-48H,9-12H2,1-8H3,(H,49,50);/t13?,14-,15-,16+,17+,18?,19?,20+,21?,22?,23?,24+,25?,26?,27?,28+,29-,30-,31+,32?,34+,35+,36+,37-;/m0./s1. The van der Waals surface area contributed by atoms with E-state index in [1.54, 1.807) is 20.8 Å². The number of carboxylic acid groups (broad SMARTS) is 1. The van der Waals surface area contributed by atoms with Gasteiger partial charge in [-0.3, -0.25) is 0 Å². The SMILES string of the molecule is CC1[C@H](O[C@@H]2C(CO)O[C@H](O[C@@H]3CO[C@@H](O[C@@H]4C(CO)O[C@H](C)C(C)[C@H]4C)C(O)C3C)C(N=[N+]=[N-])[C@H]2O)OC(C(=O)O)[C@@H](O[C@H]2OC(CO)[C@@H](C)[C@H](C)C2N=[N+]=[N-])[C@@H]1C.O=C=O. The monoisotopic (exact) mass is 890 g/mol. The number of carbonyl (C=O) groups is 1. The molecule has 62 heavy (non-hydrogen) atoms. The molecule has 5 saturated heterocycles. The maximum atomic E-state index is 12.7. The summed E-state index contributed by atoms with van der Waals surface area (Å²) in [5, 5.41) is 71.3. The number of azide groups is 2. The highest BCUT2D eigenvalue weighted by molar-refractivity contribution is 5.73. The van der Waals surface area contributed by atoms with Crippen molar-refractivity contribution in [2.75, 3.05) is 26.4 Å². The molecule has 5 rings (SSSR count). The summed E-state index contributed by atoms with van der Waals surface area (Å²) in [7, 11) is 0. The van der Waals surface area contributed by atoms with Crippen molar-refractivity contribution in [2.24, 2.45) is 51.7 Å². The zero-order chi connectivity index (χ0) is 46.2. The summed E-state index contributed by atoms with van der Waals surface area (Å²) in [5.41, 5.74) is 18.8. The fourth-order valence-electron chi connectivity index (χ4n) is 8.78. The molecule has 10 unspecified atom stereocenters. The van der Waals surface area contributed by atoms with Gasteiger partial charge in [0.2, 0.25) is 0 Å². The second-order valence-corrected chi connectivity index (χ2v) is 16.9. The van der Waals surface area contributed by atoms with E-state index in [0.717, 1.165) is 0 Å². The van der Waals surface area contributed by atoms with Gasteiger partial charge < -0.3 is 73.3 Å². The Morgan fingerprint density at radius 1 is 0.613 bits per heavy atom. The van der Waals surface area contributed by atoms with Crippen LogP contribution in [0, 0.1) is 41.4 Å². The number of hydrogen-bond donors (Lipinski definition) is 6. The molecule has 352 valence electrons. The second-order valence-electron chi connectivity index (χ2n) is 16.9. The van der Waals surface area contributed by atoms with Gasteiger partial charge in [-0.1, -0.05) is 58.7 Å². The number of carboxylic acids is 1. The van der Waals surface area contributed by atoms with Crippen LogP contribution < -0.4 is 0 Å². The van der Waals surface area contributed by atoms with Gasteiger partial charge in [0, 0.05) is 21.7 Å². The molecule has 24 nitrogen and oxygen atoms in total. The molecule has 0 bridgehead atoms. The molecule has 0 saturated carbocycles. The van der Waals surface area contributed by atoms with Crippen molar-refractivity contribution in [1.82, 2.24) is 0 Å². The van der Waals surface area contributed by atoms with Crippen molar-refractivity contribution >= 4 is 12.1 Å². The first kappa shape index (κ1) is 51.5. The Kier molecular flexibility index (Phi) is 19.3. The maximum absolute atomic E-state index is 12.7. The van der Waals surface area contributed by atoms with Gasteiger partial charge in [-0.15, -0.1) is 0 Å². The lowest BCUT2D eigenvalue weighted by molar-refractivity contribution is -0.355. The normalized spacial score (nSPS) is 47.0. The van der Waals surface area contributed by atoms with Crippen molar-refractivity contribution in [3.8, 4) is 0 Å². The summed E-state index contributed by atoms with van der Waals surface area (Å²) >= 11 is 0. The minimum absolute atomic E-state index is 0.0269. The van der Waals surface area contributed by atoms with Crippen LogP contribution in [0.2, 0.25) is 0 Å². The first-order valence-electron chi connectivity index (χ1n) is 20.8. The molecule has 24 heteroatoms. The number of hydrogen-bond acceptors (Lipinski definition) is 19. The minimum atomic E-state index is -1.67. The molecule has 6 N–H and O–H groups in total. The van der Waals surface area contributed by atoms with Gasteiger partial charge in [0.25, 0.3) is 0 Å². The molecular formula is C38H62N6O18. The Bertz CT molecular complexity index is 1580. The maximum Gasteiger partial charge on any atom is 0.373 e. The van der Waals surface area contributed by atoms with Gasteiger partial charge in [-0.25, -0.2) is 4.79 Å².